The number of hydrogen-bond acceptors (Lipinski definition) is 1. The summed E-state index contributed by atoms with van der Waals surface area (Å²) in [7, 11) is 0. The Kier molecular flexibility index (Phi) is 1.09. The Morgan fingerprint density at radius 3 is 3.15 bits per heavy atom. The number of hydrogen-bond donors (Lipinski definition) is 2. The maximum Gasteiger partial charge on any atom is 0.352 e. The Hall–Kier alpha value is -1.25. The zero-order valence-corrected chi connectivity index (χ0v) is 7.37. The lowest BCUT2D eigenvalue weighted by Crippen LogP contribution is -1.96. The lowest BCUT2D eigenvalue weighted by Gasteiger charge is -1.94. The summed E-state index contributed by atoms with van der Waals surface area (Å²) in [6.07, 6.45) is 1.07. The van der Waals surface area contributed by atoms with E-state index in [1.165, 1.54) is 11.3 Å². The molecule has 0 amide bonds. The third kappa shape index (κ3) is 0.767. The predicted molar refractivity (Wildman–Crippen MR) is 46.9 cm³/mol. The van der Waals surface area contributed by atoms with Crippen molar-refractivity contribution < 1.29 is 9.90 Å². The molecule has 3 atom stereocenters. The van der Waals surface area contributed by atoms with Gasteiger partial charge in [-0.1, -0.05) is 6.92 Å². The van der Waals surface area contributed by atoms with Gasteiger partial charge >= 0.3 is 5.97 Å². The number of nitrogens with one attached hydrogen (secondary N) is 1. The number of aromatic amines is 1. The second-order valence-corrected chi connectivity index (χ2v) is 4.18. The van der Waals surface area contributed by atoms with Crippen LogP contribution in [-0.2, 0) is 6.42 Å². The standard InChI is InChI=1S/C10H11NO2/c1-4-6-2-5-3-7(10(12)13)11-9(5)8(4)6/h3-4,6,8,11H,2H2,1H3,(H,12,13)/t4-,6+,8-/m1/s1. The Labute approximate surface area is 75.8 Å². The summed E-state index contributed by atoms with van der Waals surface area (Å²) < 4.78 is 0. The van der Waals surface area contributed by atoms with Crippen molar-refractivity contribution in [3.05, 3.63) is 23.0 Å². The summed E-state index contributed by atoms with van der Waals surface area (Å²) in [5.41, 5.74) is 2.77. The monoisotopic (exact) mass is 177 g/mol. The van der Waals surface area contributed by atoms with Gasteiger partial charge in [0.1, 0.15) is 5.69 Å². The molecule has 0 radical (unpaired) electrons. The molecule has 0 saturated heterocycles. The first kappa shape index (κ1) is 7.18. The fourth-order valence-corrected chi connectivity index (χ4v) is 2.68. The van der Waals surface area contributed by atoms with Crippen LogP contribution in [-0.4, -0.2) is 16.1 Å². The van der Waals surface area contributed by atoms with Crippen LogP contribution in [0.25, 0.3) is 0 Å². The average Bonchev–Trinajstić information content (AvgIpc) is 2.49. The third-order valence-corrected chi connectivity index (χ3v) is 3.52. The fraction of sp³-hybridized carbons (Fsp3) is 0.500. The minimum atomic E-state index is -0.848. The number of carboxylic acids is 1. The number of H-pyrrole nitrogens is 1. The average molecular weight is 177 g/mol. The highest BCUT2D eigenvalue weighted by Gasteiger charge is 2.53. The second-order valence-electron chi connectivity index (χ2n) is 4.18. The Morgan fingerprint density at radius 2 is 2.46 bits per heavy atom. The molecule has 1 aromatic heterocycles. The number of aromatic carboxylic acids is 1. The zero-order chi connectivity index (χ0) is 9.16. The summed E-state index contributed by atoms with van der Waals surface area (Å²) in [6, 6.07) is 1.79. The lowest BCUT2D eigenvalue weighted by molar-refractivity contribution is 0.0691. The topological polar surface area (TPSA) is 53.1 Å². The van der Waals surface area contributed by atoms with E-state index in [0.717, 1.165) is 18.3 Å². The predicted octanol–water partition coefficient (Wildman–Crippen LogP) is 1.62. The Bertz CT molecular complexity index is 394. The van der Waals surface area contributed by atoms with Gasteiger partial charge in [0, 0.05) is 11.6 Å². The van der Waals surface area contributed by atoms with Crippen molar-refractivity contribution in [1.29, 1.82) is 0 Å². The quantitative estimate of drug-likeness (QED) is 0.684. The highest BCUT2D eigenvalue weighted by atomic mass is 16.4. The minimum absolute atomic E-state index is 0.350. The molecule has 0 aromatic carbocycles. The van der Waals surface area contributed by atoms with Gasteiger partial charge in [-0.25, -0.2) is 4.79 Å². The van der Waals surface area contributed by atoms with Crippen LogP contribution < -0.4 is 0 Å². The molecule has 2 N–H and O–H groups in total. The van der Waals surface area contributed by atoms with Gasteiger partial charge in [-0.15, -0.1) is 0 Å². The van der Waals surface area contributed by atoms with Gasteiger partial charge in [0.25, 0.3) is 0 Å². The maximum absolute atomic E-state index is 10.7. The molecule has 1 saturated carbocycles. The smallest absolute Gasteiger partial charge is 0.352 e. The van der Waals surface area contributed by atoms with Crippen molar-refractivity contribution in [2.24, 2.45) is 11.8 Å². The molecule has 68 valence electrons. The molecule has 2 aliphatic carbocycles. The van der Waals surface area contributed by atoms with Crippen LogP contribution >= 0.6 is 0 Å². The molecular weight excluding hydrogens is 166 g/mol. The molecule has 3 rings (SSSR count). The largest absolute Gasteiger partial charge is 0.477 e. The summed E-state index contributed by atoms with van der Waals surface area (Å²) >= 11 is 0. The zero-order valence-electron chi connectivity index (χ0n) is 7.37. The summed E-state index contributed by atoms with van der Waals surface area (Å²) in [4.78, 5) is 13.7. The van der Waals surface area contributed by atoms with E-state index < -0.39 is 5.97 Å². The summed E-state index contributed by atoms with van der Waals surface area (Å²) in [5, 5.41) is 8.78. The normalized spacial score (nSPS) is 34.1. The lowest BCUT2D eigenvalue weighted by atomic mass is 10.1. The molecule has 3 heteroatoms. The Balaban J connectivity index is 2.03. The third-order valence-electron chi connectivity index (χ3n) is 3.52. The van der Waals surface area contributed by atoms with Crippen LogP contribution in [0.4, 0.5) is 0 Å². The molecule has 0 bridgehead atoms. The van der Waals surface area contributed by atoms with E-state index in [1.54, 1.807) is 6.07 Å². The number of aromatic nitrogens is 1. The van der Waals surface area contributed by atoms with E-state index in [4.69, 9.17) is 5.11 Å². The van der Waals surface area contributed by atoms with Crippen LogP contribution in [0.3, 0.4) is 0 Å². The number of rotatable bonds is 1. The molecule has 0 unspecified atom stereocenters. The van der Waals surface area contributed by atoms with E-state index in [2.05, 4.69) is 11.9 Å². The molecule has 0 aliphatic heterocycles. The first-order valence-electron chi connectivity index (χ1n) is 4.63. The molecule has 0 spiro atoms. The molecule has 1 heterocycles. The van der Waals surface area contributed by atoms with Crippen molar-refractivity contribution in [3.8, 4) is 0 Å². The fourth-order valence-electron chi connectivity index (χ4n) is 2.68. The van der Waals surface area contributed by atoms with E-state index in [0.29, 0.717) is 11.6 Å². The highest BCUT2D eigenvalue weighted by Crippen LogP contribution is 2.60. The van der Waals surface area contributed by atoms with Gasteiger partial charge < -0.3 is 10.1 Å². The van der Waals surface area contributed by atoms with Crippen LogP contribution in [0.1, 0.15) is 34.6 Å². The summed E-state index contributed by atoms with van der Waals surface area (Å²) in [5.74, 6) is 1.33. The Morgan fingerprint density at radius 1 is 1.69 bits per heavy atom. The number of fused-ring (bicyclic) bond motifs is 3. The van der Waals surface area contributed by atoms with Gasteiger partial charge in [-0.05, 0) is 29.9 Å². The van der Waals surface area contributed by atoms with E-state index >= 15 is 0 Å². The second kappa shape index (κ2) is 1.97. The van der Waals surface area contributed by atoms with Crippen molar-refractivity contribution in [3.63, 3.8) is 0 Å². The van der Waals surface area contributed by atoms with Crippen LogP contribution in [0.5, 0.6) is 0 Å². The first-order chi connectivity index (χ1) is 6.18. The van der Waals surface area contributed by atoms with Crippen LogP contribution in [0.2, 0.25) is 0 Å². The van der Waals surface area contributed by atoms with Crippen molar-refractivity contribution >= 4 is 5.97 Å². The van der Waals surface area contributed by atoms with Gasteiger partial charge in [-0.3, -0.25) is 0 Å². The SMILES string of the molecule is C[C@@H]1[C@@H]2Cc3cc(C(=O)O)[nH]c3[C@H]12. The van der Waals surface area contributed by atoms with Gasteiger partial charge in [0.2, 0.25) is 0 Å². The van der Waals surface area contributed by atoms with Crippen LogP contribution in [0, 0.1) is 11.8 Å². The first-order valence-corrected chi connectivity index (χ1v) is 4.63. The van der Waals surface area contributed by atoms with Crippen molar-refractivity contribution in [2.75, 3.05) is 0 Å². The molecular formula is C10H11NO2. The molecule has 1 fully saturated rings. The highest BCUT2D eigenvalue weighted by molar-refractivity contribution is 5.86. The summed E-state index contributed by atoms with van der Waals surface area (Å²) in [6.45, 7) is 2.24. The van der Waals surface area contributed by atoms with E-state index in [-0.39, 0.29) is 0 Å². The molecule has 3 nitrogen and oxygen atoms in total. The minimum Gasteiger partial charge on any atom is -0.477 e. The number of carbonyl (C=O) groups is 1. The van der Waals surface area contributed by atoms with E-state index in [9.17, 15) is 4.79 Å². The van der Waals surface area contributed by atoms with Crippen molar-refractivity contribution in [1.82, 2.24) is 4.98 Å². The van der Waals surface area contributed by atoms with Gasteiger partial charge in [0.15, 0.2) is 0 Å². The maximum atomic E-state index is 10.7. The van der Waals surface area contributed by atoms with Crippen molar-refractivity contribution in [2.45, 2.75) is 19.3 Å². The molecule has 1 aromatic rings. The van der Waals surface area contributed by atoms with Gasteiger partial charge in [-0.2, -0.15) is 0 Å². The van der Waals surface area contributed by atoms with Gasteiger partial charge in [0.05, 0.1) is 0 Å². The molecule has 2 aliphatic rings. The molecule has 13 heavy (non-hydrogen) atoms. The van der Waals surface area contributed by atoms with E-state index in [1.807, 2.05) is 0 Å². The van der Waals surface area contributed by atoms with Crippen LogP contribution in [0.15, 0.2) is 6.07 Å². The number of carboxylic acid groups (broad SMARTS) is 1.